The van der Waals surface area contributed by atoms with Gasteiger partial charge in [-0.3, -0.25) is 4.79 Å². The van der Waals surface area contributed by atoms with Crippen LogP contribution in [0.5, 0.6) is 0 Å². The summed E-state index contributed by atoms with van der Waals surface area (Å²) in [5, 5.41) is 65.0. The van der Waals surface area contributed by atoms with Crippen molar-refractivity contribution in [2.45, 2.75) is 236 Å². The molecule has 1 amide bonds. The van der Waals surface area contributed by atoms with Gasteiger partial charge in [0, 0.05) is 6.42 Å². The van der Waals surface area contributed by atoms with E-state index in [4.69, 9.17) is 9.47 Å². The number of aliphatic hydroxyl groups excluding tert-OH is 6. The highest BCUT2D eigenvalue weighted by Crippen LogP contribution is 2.23. The van der Waals surface area contributed by atoms with Crippen LogP contribution in [0, 0.1) is 0 Å². The van der Waals surface area contributed by atoms with Crippen LogP contribution >= 0.6 is 0 Å². The Morgan fingerprint density at radius 1 is 0.648 bits per heavy atom. The van der Waals surface area contributed by atoms with Crippen molar-refractivity contribution in [1.29, 1.82) is 0 Å². The first kappa shape index (κ1) is 50.6. The normalized spacial score (nSPS) is 22.3. The Morgan fingerprint density at radius 2 is 1.13 bits per heavy atom. The van der Waals surface area contributed by atoms with Crippen LogP contribution in [0.25, 0.3) is 0 Å². The third kappa shape index (κ3) is 25.0. The summed E-state index contributed by atoms with van der Waals surface area (Å²) in [6, 6.07) is -0.993. The maximum Gasteiger partial charge on any atom is 0.220 e. The number of amides is 1. The summed E-state index contributed by atoms with van der Waals surface area (Å²) in [6.45, 7) is 3.56. The zero-order valence-electron chi connectivity index (χ0n) is 34.3. The molecular weight excluding hydrogens is 686 g/mol. The summed E-state index contributed by atoms with van der Waals surface area (Å²) in [5.41, 5.74) is 0. The molecule has 1 aliphatic heterocycles. The number of unbranched alkanes of at least 4 members (excludes halogenated alkanes) is 21. The van der Waals surface area contributed by atoms with Crippen LogP contribution in [0.4, 0.5) is 0 Å². The topological polar surface area (TPSA) is 169 Å². The quantitative estimate of drug-likeness (QED) is 0.0250. The predicted molar refractivity (Wildman–Crippen MR) is 218 cm³/mol. The van der Waals surface area contributed by atoms with E-state index in [1.807, 2.05) is 0 Å². The lowest BCUT2D eigenvalue weighted by atomic mass is 9.98. The molecule has 2 unspecified atom stereocenters. The predicted octanol–water partition coefficient (Wildman–Crippen LogP) is 7.69. The standard InChI is InChI=1S/C44H83NO9/c1-3-5-7-9-11-13-15-17-18-19-20-21-23-25-27-29-31-33-39(48)45-36(35-53-44-43(52)42(51)41(50)38(34-46)54-44)40(49)37(47)32-30-28-26-24-22-16-14-12-10-8-6-4-2/h11,13,17-18,36-38,40-44,46-47,49-52H,3-10,12,14-16,19-35H2,1-2H3,(H,45,48)/b13-11-,18-17-/t36-,37+,38?,40-,41-,42-,43?,44-/m0/s1. The Hall–Kier alpha value is -1.37. The fourth-order valence-corrected chi connectivity index (χ4v) is 6.99. The van der Waals surface area contributed by atoms with Crippen LogP contribution < -0.4 is 5.32 Å². The first-order chi connectivity index (χ1) is 26.3. The molecule has 0 aromatic rings. The van der Waals surface area contributed by atoms with Crippen molar-refractivity contribution in [3.63, 3.8) is 0 Å². The lowest BCUT2D eigenvalue weighted by molar-refractivity contribution is -0.303. The molecule has 0 radical (unpaired) electrons. The van der Waals surface area contributed by atoms with Gasteiger partial charge in [-0.1, -0.05) is 160 Å². The highest BCUT2D eigenvalue weighted by atomic mass is 16.7. The van der Waals surface area contributed by atoms with E-state index in [1.54, 1.807) is 0 Å². The van der Waals surface area contributed by atoms with Crippen LogP contribution in [0.3, 0.4) is 0 Å². The highest BCUT2D eigenvalue weighted by molar-refractivity contribution is 5.76. The summed E-state index contributed by atoms with van der Waals surface area (Å²) >= 11 is 0. The van der Waals surface area contributed by atoms with Crippen LogP contribution in [-0.2, 0) is 14.3 Å². The third-order valence-corrected chi connectivity index (χ3v) is 10.6. The molecule has 0 saturated carbocycles. The molecule has 0 aromatic carbocycles. The fraction of sp³-hybridized carbons (Fsp3) is 0.886. The molecule has 54 heavy (non-hydrogen) atoms. The molecular formula is C44H83NO9. The summed E-state index contributed by atoms with van der Waals surface area (Å²) in [5.74, 6) is -0.267. The number of nitrogens with one attached hydrogen (secondary N) is 1. The lowest BCUT2D eigenvalue weighted by Crippen LogP contribution is -2.60. The fourth-order valence-electron chi connectivity index (χ4n) is 6.99. The largest absolute Gasteiger partial charge is 0.394 e. The van der Waals surface area contributed by atoms with Gasteiger partial charge in [0.15, 0.2) is 6.29 Å². The van der Waals surface area contributed by atoms with E-state index < -0.39 is 55.6 Å². The summed E-state index contributed by atoms with van der Waals surface area (Å²) in [7, 11) is 0. The molecule has 0 aliphatic carbocycles. The van der Waals surface area contributed by atoms with Crippen LogP contribution in [0.1, 0.15) is 187 Å². The molecule has 1 aliphatic rings. The van der Waals surface area contributed by atoms with Crippen molar-refractivity contribution in [2.75, 3.05) is 13.2 Å². The van der Waals surface area contributed by atoms with Gasteiger partial charge in [0.05, 0.1) is 25.4 Å². The first-order valence-electron chi connectivity index (χ1n) is 22.1. The zero-order chi connectivity index (χ0) is 39.7. The Balaban J connectivity index is 2.42. The lowest BCUT2D eigenvalue weighted by Gasteiger charge is -2.40. The molecule has 1 fully saturated rings. The molecule has 1 heterocycles. The smallest absolute Gasteiger partial charge is 0.220 e. The number of carbonyl (C=O) groups is 1. The molecule has 7 N–H and O–H groups in total. The van der Waals surface area contributed by atoms with E-state index in [1.165, 1.54) is 96.3 Å². The number of rotatable bonds is 36. The molecule has 0 aromatic heterocycles. The minimum atomic E-state index is -1.61. The molecule has 318 valence electrons. The van der Waals surface area contributed by atoms with Gasteiger partial charge in [-0.2, -0.15) is 0 Å². The van der Waals surface area contributed by atoms with Gasteiger partial charge in [0.2, 0.25) is 5.91 Å². The van der Waals surface area contributed by atoms with Gasteiger partial charge in [-0.25, -0.2) is 0 Å². The summed E-state index contributed by atoms with van der Waals surface area (Å²) in [6.07, 6.45) is 28.9. The number of aliphatic hydroxyl groups is 6. The summed E-state index contributed by atoms with van der Waals surface area (Å²) < 4.78 is 11.1. The Kier molecular flexibility index (Phi) is 32.7. The average molecular weight is 770 g/mol. The van der Waals surface area contributed by atoms with Gasteiger partial charge >= 0.3 is 0 Å². The SMILES string of the molecule is CCCCC/C=C\C/C=C\CCCCCCCCCC(=O)N[C@@H](CO[C@H]1OC(CO)[C@H](O)[C@H](O)C1O)[C@H](O)[C@H](O)CCCCCCCCCCCCCC. The van der Waals surface area contributed by atoms with Crippen molar-refractivity contribution in [3.8, 4) is 0 Å². The van der Waals surface area contributed by atoms with E-state index >= 15 is 0 Å². The number of allylic oxidation sites excluding steroid dienone is 4. The number of ether oxygens (including phenoxy) is 2. The number of hydrogen-bond donors (Lipinski definition) is 7. The minimum Gasteiger partial charge on any atom is -0.394 e. The van der Waals surface area contributed by atoms with Crippen molar-refractivity contribution < 1.29 is 44.9 Å². The van der Waals surface area contributed by atoms with E-state index in [-0.39, 0.29) is 18.9 Å². The first-order valence-corrected chi connectivity index (χ1v) is 22.1. The molecule has 10 nitrogen and oxygen atoms in total. The third-order valence-electron chi connectivity index (χ3n) is 10.6. The van der Waals surface area contributed by atoms with E-state index in [0.29, 0.717) is 12.8 Å². The van der Waals surface area contributed by atoms with Gasteiger partial charge in [-0.15, -0.1) is 0 Å². The average Bonchev–Trinajstić information content (AvgIpc) is 3.17. The van der Waals surface area contributed by atoms with Crippen LogP contribution in [0.2, 0.25) is 0 Å². The molecule has 0 bridgehead atoms. The van der Waals surface area contributed by atoms with Gasteiger partial charge in [0.25, 0.3) is 0 Å². The van der Waals surface area contributed by atoms with Crippen molar-refractivity contribution >= 4 is 5.91 Å². The van der Waals surface area contributed by atoms with Crippen LogP contribution in [-0.4, -0.2) is 98.7 Å². The Labute approximate surface area is 329 Å². The van der Waals surface area contributed by atoms with E-state index in [2.05, 4.69) is 43.5 Å². The Bertz CT molecular complexity index is 916. The van der Waals surface area contributed by atoms with Crippen LogP contribution in [0.15, 0.2) is 24.3 Å². The minimum absolute atomic E-state index is 0.267. The highest BCUT2D eigenvalue weighted by Gasteiger charge is 2.44. The molecule has 10 heteroatoms. The van der Waals surface area contributed by atoms with Crippen molar-refractivity contribution in [1.82, 2.24) is 5.32 Å². The zero-order valence-corrected chi connectivity index (χ0v) is 34.3. The van der Waals surface area contributed by atoms with Gasteiger partial charge in [0.1, 0.15) is 30.5 Å². The molecule has 0 spiro atoms. The van der Waals surface area contributed by atoms with Crippen molar-refractivity contribution in [2.24, 2.45) is 0 Å². The molecule has 1 saturated heterocycles. The van der Waals surface area contributed by atoms with E-state index in [9.17, 15) is 35.4 Å². The summed E-state index contributed by atoms with van der Waals surface area (Å²) in [4.78, 5) is 13.0. The van der Waals surface area contributed by atoms with E-state index in [0.717, 1.165) is 57.8 Å². The number of carbonyl (C=O) groups excluding carboxylic acids is 1. The second-order valence-electron chi connectivity index (χ2n) is 15.6. The number of hydrogen-bond acceptors (Lipinski definition) is 9. The van der Waals surface area contributed by atoms with Crippen molar-refractivity contribution in [3.05, 3.63) is 24.3 Å². The molecule has 1 rings (SSSR count). The Morgan fingerprint density at radius 3 is 1.69 bits per heavy atom. The van der Waals surface area contributed by atoms with Gasteiger partial charge < -0.3 is 45.4 Å². The molecule has 8 atom stereocenters. The second kappa shape index (κ2) is 34.8. The second-order valence-corrected chi connectivity index (χ2v) is 15.6. The maximum absolute atomic E-state index is 13.0. The monoisotopic (exact) mass is 770 g/mol. The van der Waals surface area contributed by atoms with Gasteiger partial charge in [-0.05, 0) is 44.9 Å². The maximum atomic E-state index is 13.0.